The predicted octanol–water partition coefficient (Wildman–Crippen LogP) is 3.52. The molecule has 0 aliphatic carbocycles. The minimum Gasteiger partial charge on any atom is -0.382 e. The molecule has 0 fully saturated rings. The summed E-state index contributed by atoms with van der Waals surface area (Å²) in [6, 6.07) is 5.49. The molecule has 4 aromatic rings. The number of fused-ring (bicyclic) bond motifs is 1. The van der Waals surface area contributed by atoms with Crippen molar-refractivity contribution in [1.29, 1.82) is 5.26 Å². The Morgan fingerprint density at radius 3 is 2.22 bits per heavy atom. The fourth-order valence-corrected chi connectivity index (χ4v) is 3.52. The molecule has 0 unspecified atom stereocenters. The van der Waals surface area contributed by atoms with Crippen molar-refractivity contribution < 1.29 is 26.3 Å². The molecule has 9 nitrogen and oxygen atoms in total. The van der Waals surface area contributed by atoms with Gasteiger partial charge in [0.2, 0.25) is 5.95 Å². The molecule has 5 N–H and O–H groups in total. The maximum atomic E-state index is 16.6. The van der Waals surface area contributed by atoms with Gasteiger partial charge in [-0.25, -0.2) is 31.3 Å². The van der Waals surface area contributed by atoms with E-state index in [0.717, 1.165) is 12.1 Å². The molecule has 0 saturated carbocycles. The number of nitrogens with one attached hydrogen (secondary N) is 1. The number of hydrogen-bond donors (Lipinski definition) is 3. The molecule has 0 saturated heterocycles. The number of rotatable bonds is 5. The molecule has 0 bridgehead atoms. The monoisotopic (exact) mass is 520 g/mol. The molecule has 0 aliphatic rings. The SMILES string of the molecule is CC(F)(F)[C@](F)(Nc1nc(N)nc(N)c1C#N)c1nc2ccc(F)cc2c(=O)n1-c1cc(F)cc(F)c1. The first-order chi connectivity index (χ1) is 17.2. The summed E-state index contributed by atoms with van der Waals surface area (Å²) in [5.74, 6) is -15.6. The summed E-state index contributed by atoms with van der Waals surface area (Å²) in [5.41, 5.74) is 7.86. The molecule has 0 radical (unpaired) electrons. The molecule has 4 rings (SSSR count). The third-order valence-electron chi connectivity index (χ3n) is 5.21. The van der Waals surface area contributed by atoms with Crippen LogP contribution in [0.1, 0.15) is 18.3 Å². The van der Waals surface area contributed by atoms with Crippen LogP contribution in [-0.4, -0.2) is 25.4 Å². The molecule has 2 heterocycles. The maximum absolute atomic E-state index is 16.6. The van der Waals surface area contributed by atoms with Crippen molar-refractivity contribution in [2.45, 2.75) is 18.6 Å². The molecular formula is C22H14F6N8O. The highest BCUT2D eigenvalue weighted by molar-refractivity contribution is 5.78. The van der Waals surface area contributed by atoms with E-state index in [4.69, 9.17) is 11.5 Å². The molecule has 0 aliphatic heterocycles. The fraction of sp³-hybridized carbons (Fsp3) is 0.136. The number of nitrogens with two attached hydrogens (primary N) is 2. The van der Waals surface area contributed by atoms with Crippen LogP contribution < -0.4 is 22.3 Å². The second-order valence-electron chi connectivity index (χ2n) is 7.84. The molecule has 1 atom stereocenters. The molecule has 2 aromatic carbocycles. The molecule has 15 heteroatoms. The Hall–Kier alpha value is -4.87. The van der Waals surface area contributed by atoms with Crippen LogP contribution in [0.25, 0.3) is 16.6 Å². The predicted molar refractivity (Wildman–Crippen MR) is 120 cm³/mol. The zero-order valence-electron chi connectivity index (χ0n) is 18.5. The van der Waals surface area contributed by atoms with E-state index < -0.39 is 80.3 Å². The van der Waals surface area contributed by atoms with Gasteiger partial charge in [-0.1, -0.05) is 0 Å². The Morgan fingerprint density at radius 1 is 0.973 bits per heavy atom. The molecule has 0 spiro atoms. The van der Waals surface area contributed by atoms with Gasteiger partial charge in [0.1, 0.15) is 34.9 Å². The van der Waals surface area contributed by atoms with Gasteiger partial charge in [-0.2, -0.15) is 15.2 Å². The van der Waals surface area contributed by atoms with Crippen LogP contribution in [0, 0.1) is 28.8 Å². The van der Waals surface area contributed by atoms with Crippen LogP contribution in [0.4, 0.5) is 43.9 Å². The van der Waals surface area contributed by atoms with Crippen molar-refractivity contribution in [1.82, 2.24) is 19.5 Å². The third-order valence-corrected chi connectivity index (χ3v) is 5.21. The van der Waals surface area contributed by atoms with Crippen molar-refractivity contribution in [3.8, 4) is 11.8 Å². The second kappa shape index (κ2) is 8.66. The van der Waals surface area contributed by atoms with Crippen molar-refractivity contribution in [3.05, 3.63) is 75.6 Å². The molecular weight excluding hydrogens is 506 g/mol. The van der Waals surface area contributed by atoms with Gasteiger partial charge in [0, 0.05) is 13.0 Å². The van der Waals surface area contributed by atoms with Crippen LogP contribution in [0.15, 0.2) is 41.2 Å². The quantitative estimate of drug-likeness (QED) is 0.267. The lowest BCUT2D eigenvalue weighted by Crippen LogP contribution is -2.50. The fourth-order valence-electron chi connectivity index (χ4n) is 3.52. The van der Waals surface area contributed by atoms with E-state index in [1.54, 1.807) is 5.32 Å². The summed E-state index contributed by atoms with van der Waals surface area (Å²) in [4.78, 5) is 24.2. The topological polar surface area (TPSA) is 149 Å². The standard InChI is InChI=1S/C22H14F6N8O/c1-21(26,27)22(28,35-17-14(8-29)16(30)33-20(31)34-17)19-32-15-3-2-9(23)7-13(15)18(37)36(19)12-5-10(24)4-11(25)6-12/h2-7H,1H3,(H5,30,31,33,34,35)/t22-/m1/s1. The number of halogens is 6. The number of nitrogens with zero attached hydrogens (tertiary/aromatic N) is 5. The van der Waals surface area contributed by atoms with Crippen LogP contribution in [0.3, 0.4) is 0 Å². The van der Waals surface area contributed by atoms with E-state index in [9.17, 15) is 23.2 Å². The minimum absolute atomic E-state index is 0.109. The number of hydrogen-bond acceptors (Lipinski definition) is 8. The first-order valence-corrected chi connectivity index (χ1v) is 10.1. The van der Waals surface area contributed by atoms with Gasteiger partial charge in [-0.3, -0.25) is 9.36 Å². The van der Waals surface area contributed by atoms with E-state index in [0.29, 0.717) is 24.3 Å². The molecule has 0 amide bonds. The number of alkyl halides is 3. The number of benzene rings is 2. The lowest BCUT2D eigenvalue weighted by molar-refractivity contribution is -0.118. The zero-order chi connectivity index (χ0) is 27.3. The van der Waals surface area contributed by atoms with Crippen LogP contribution in [0.5, 0.6) is 0 Å². The van der Waals surface area contributed by atoms with Gasteiger partial charge in [0.25, 0.3) is 5.56 Å². The smallest absolute Gasteiger partial charge is 0.304 e. The molecule has 2 aromatic heterocycles. The second-order valence-corrected chi connectivity index (χ2v) is 7.84. The average Bonchev–Trinajstić information content (AvgIpc) is 2.77. The van der Waals surface area contributed by atoms with Gasteiger partial charge < -0.3 is 16.8 Å². The molecule has 190 valence electrons. The van der Waals surface area contributed by atoms with Crippen molar-refractivity contribution in [2.24, 2.45) is 0 Å². The number of nitrogen functional groups attached to an aromatic ring is 2. The summed E-state index contributed by atoms with van der Waals surface area (Å²) in [6.45, 7) is 0.109. The van der Waals surface area contributed by atoms with Crippen molar-refractivity contribution >= 4 is 28.5 Å². The van der Waals surface area contributed by atoms with Gasteiger partial charge in [-0.05, 0) is 30.3 Å². The summed E-state index contributed by atoms with van der Waals surface area (Å²) < 4.78 is 88.8. The first-order valence-electron chi connectivity index (χ1n) is 10.1. The average molecular weight is 520 g/mol. The zero-order valence-corrected chi connectivity index (χ0v) is 18.5. The van der Waals surface area contributed by atoms with E-state index in [1.165, 1.54) is 6.07 Å². The Kier molecular flexibility index (Phi) is 5.90. The normalized spacial score (nSPS) is 13.2. The van der Waals surface area contributed by atoms with Crippen molar-refractivity contribution in [3.63, 3.8) is 0 Å². The van der Waals surface area contributed by atoms with E-state index in [2.05, 4.69) is 15.0 Å². The maximum Gasteiger partial charge on any atom is 0.304 e. The summed E-state index contributed by atoms with van der Waals surface area (Å²) in [5, 5.41) is 10.6. The lowest BCUT2D eigenvalue weighted by Gasteiger charge is -2.33. The largest absolute Gasteiger partial charge is 0.382 e. The first kappa shape index (κ1) is 25.2. The van der Waals surface area contributed by atoms with E-state index in [1.807, 2.05) is 0 Å². The summed E-state index contributed by atoms with van der Waals surface area (Å²) >= 11 is 0. The number of anilines is 3. The lowest BCUT2D eigenvalue weighted by atomic mass is 10.1. The minimum atomic E-state index is -4.46. The van der Waals surface area contributed by atoms with Crippen molar-refractivity contribution in [2.75, 3.05) is 16.8 Å². The summed E-state index contributed by atoms with van der Waals surface area (Å²) in [7, 11) is 0. The number of aromatic nitrogens is 4. The Morgan fingerprint density at radius 2 is 1.62 bits per heavy atom. The van der Waals surface area contributed by atoms with Gasteiger partial charge >= 0.3 is 11.7 Å². The third kappa shape index (κ3) is 4.33. The van der Waals surface area contributed by atoms with E-state index in [-0.39, 0.29) is 11.5 Å². The summed E-state index contributed by atoms with van der Waals surface area (Å²) in [6.07, 6.45) is 0. The van der Waals surface area contributed by atoms with Crippen LogP contribution >= 0.6 is 0 Å². The van der Waals surface area contributed by atoms with Gasteiger partial charge in [0.05, 0.1) is 16.6 Å². The van der Waals surface area contributed by atoms with Gasteiger partial charge in [-0.15, -0.1) is 0 Å². The number of nitriles is 1. The highest BCUT2D eigenvalue weighted by atomic mass is 19.3. The van der Waals surface area contributed by atoms with Gasteiger partial charge in [0.15, 0.2) is 11.6 Å². The van der Waals surface area contributed by atoms with Crippen LogP contribution in [0.2, 0.25) is 0 Å². The van der Waals surface area contributed by atoms with Crippen LogP contribution in [-0.2, 0) is 5.79 Å². The Balaban J connectivity index is 2.14. The Bertz CT molecular complexity index is 1640. The highest BCUT2D eigenvalue weighted by Gasteiger charge is 2.57. The Labute approximate surface area is 203 Å². The van der Waals surface area contributed by atoms with E-state index >= 15 is 13.2 Å². The molecule has 37 heavy (non-hydrogen) atoms. The highest BCUT2D eigenvalue weighted by Crippen LogP contribution is 2.42.